The van der Waals surface area contributed by atoms with Crippen molar-refractivity contribution in [3.63, 3.8) is 0 Å². The molecule has 1 aliphatic carbocycles. The van der Waals surface area contributed by atoms with Crippen LogP contribution >= 0.6 is 23.2 Å². The Labute approximate surface area is 134 Å². The number of ether oxygens (including phenoxy) is 1. The van der Waals surface area contributed by atoms with Crippen molar-refractivity contribution < 1.29 is 4.74 Å². The topological polar surface area (TPSA) is 34.1 Å². The second kappa shape index (κ2) is 6.65. The van der Waals surface area contributed by atoms with Crippen LogP contribution in [0.25, 0.3) is 0 Å². The standard InChI is InChI=1S/C16H16Cl2N2O/c17-15-6-1-11(7-16(15)18)10-21-14-5-4-13(20-9-14)8-19-12-2-3-12/h1,4-7,9,12,19H,2-3,8,10H2. The molecule has 0 bridgehead atoms. The number of aromatic nitrogens is 1. The van der Waals surface area contributed by atoms with E-state index in [0.717, 1.165) is 23.6 Å². The van der Waals surface area contributed by atoms with Gasteiger partial charge in [-0.3, -0.25) is 4.98 Å². The number of benzene rings is 1. The van der Waals surface area contributed by atoms with Crippen molar-refractivity contribution in [2.75, 3.05) is 0 Å². The lowest BCUT2D eigenvalue weighted by atomic mass is 10.2. The van der Waals surface area contributed by atoms with E-state index in [1.807, 2.05) is 24.3 Å². The van der Waals surface area contributed by atoms with Crippen LogP contribution in [0.2, 0.25) is 10.0 Å². The molecule has 0 spiro atoms. The minimum absolute atomic E-state index is 0.443. The second-order valence-electron chi connectivity index (χ2n) is 5.18. The highest BCUT2D eigenvalue weighted by Gasteiger charge is 2.20. The monoisotopic (exact) mass is 322 g/mol. The van der Waals surface area contributed by atoms with Gasteiger partial charge in [0.2, 0.25) is 0 Å². The van der Waals surface area contributed by atoms with Gasteiger partial charge < -0.3 is 10.1 Å². The number of halogens is 2. The normalized spacial score (nSPS) is 14.2. The first-order valence-electron chi connectivity index (χ1n) is 6.96. The van der Waals surface area contributed by atoms with Crippen LogP contribution < -0.4 is 10.1 Å². The van der Waals surface area contributed by atoms with E-state index in [-0.39, 0.29) is 0 Å². The van der Waals surface area contributed by atoms with Crippen LogP contribution in [0.1, 0.15) is 24.1 Å². The Hall–Kier alpha value is -1.29. The van der Waals surface area contributed by atoms with E-state index in [1.54, 1.807) is 12.3 Å². The second-order valence-corrected chi connectivity index (χ2v) is 5.99. The quantitative estimate of drug-likeness (QED) is 0.864. The van der Waals surface area contributed by atoms with Gasteiger partial charge in [0.25, 0.3) is 0 Å². The maximum atomic E-state index is 5.97. The predicted molar refractivity (Wildman–Crippen MR) is 84.9 cm³/mol. The summed E-state index contributed by atoms with van der Waals surface area (Å²) in [5.74, 6) is 0.747. The van der Waals surface area contributed by atoms with Gasteiger partial charge in [0.1, 0.15) is 12.4 Å². The summed E-state index contributed by atoms with van der Waals surface area (Å²) < 4.78 is 5.70. The van der Waals surface area contributed by atoms with Crippen molar-refractivity contribution in [3.05, 3.63) is 57.8 Å². The van der Waals surface area contributed by atoms with Gasteiger partial charge in [0.15, 0.2) is 0 Å². The lowest BCUT2D eigenvalue weighted by Crippen LogP contribution is -2.16. The highest BCUT2D eigenvalue weighted by atomic mass is 35.5. The first-order chi connectivity index (χ1) is 10.2. The Bertz CT molecular complexity index is 612. The molecule has 1 aliphatic rings. The summed E-state index contributed by atoms with van der Waals surface area (Å²) in [6.07, 6.45) is 4.32. The third-order valence-corrected chi connectivity index (χ3v) is 4.08. The molecule has 3 rings (SSSR count). The molecule has 1 aromatic carbocycles. The third kappa shape index (κ3) is 4.34. The molecule has 3 nitrogen and oxygen atoms in total. The zero-order valence-electron chi connectivity index (χ0n) is 11.5. The zero-order chi connectivity index (χ0) is 14.7. The number of pyridine rings is 1. The van der Waals surface area contributed by atoms with Crippen molar-refractivity contribution in [2.45, 2.75) is 32.0 Å². The van der Waals surface area contributed by atoms with Gasteiger partial charge >= 0.3 is 0 Å². The SMILES string of the molecule is Clc1ccc(COc2ccc(CNC3CC3)nc2)cc1Cl. The van der Waals surface area contributed by atoms with Crippen molar-refractivity contribution in [1.82, 2.24) is 10.3 Å². The molecule has 0 aliphatic heterocycles. The van der Waals surface area contributed by atoms with Gasteiger partial charge in [-0.15, -0.1) is 0 Å². The summed E-state index contributed by atoms with van der Waals surface area (Å²) in [4.78, 5) is 4.39. The molecule has 0 amide bonds. The summed E-state index contributed by atoms with van der Waals surface area (Å²) in [7, 11) is 0. The van der Waals surface area contributed by atoms with E-state index in [2.05, 4.69) is 10.3 Å². The Morgan fingerprint density at radius 2 is 2.00 bits per heavy atom. The number of nitrogens with one attached hydrogen (secondary N) is 1. The van der Waals surface area contributed by atoms with Crippen molar-refractivity contribution >= 4 is 23.2 Å². The number of hydrogen-bond acceptors (Lipinski definition) is 3. The minimum atomic E-state index is 0.443. The highest BCUT2D eigenvalue weighted by molar-refractivity contribution is 6.42. The summed E-state index contributed by atoms with van der Waals surface area (Å²) in [5, 5.41) is 4.52. The molecule has 1 aromatic heterocycles. The van der Waals surface area contributed by atoms with Gasteiger partial charge in [-0.25, -0.2) is 0 Å². The number of rotatable bonds is 6. The van der Waals surface area contributed by atoms with Crippen LogP contribution in [0.15, 0.2) is 36.5 Å². The van der Waals surface area contributed by atoms with Crippen LogP contribution in [0.4, 0.5) is 0 Å². The van der Waals surface area contributed by atoms with Crippen molar-refractivity contribution in [1.29, 1.82) is 0 Å². The van der Waals surface area contributed by atoms with Gasteiger partial charge in [0, 0.05) is 12.6 Å². The lowest BCUT2D eigenvalue weighted by Gasteiger charge is -2.08. The Morgan fingerprint density at radius 3 is 2.67 bits per heavy atom. The zero-order valence-corrected chi connectivity index (χ0v) is 13.0. The highest BCUT2D eigenvalue weighted by Crippen LogP contribution is 2.23. The molecule has 1 fully saturated rings. The van der Waals surface area contributed by atoms with Crippen LogP contribution in [0.3, 0.4) is 0 Å². The van der Waals surface area contributed by atoms with Crippen LogP contribution in [0, 0.1) is 0 Å². The Morgan fingerprint density at radius 1 is 1.14 bits per heavy atom. The molecular weight excluding hydrogens is 307 g/mol. The predicted octanol–water partition coefficient (Wildman–Crippen LogP) is 4.22. The smallest absolute Gasteiger partial charge is 0.138 e. The van der Waals surface area contributed by atoms with E-state index in [1.165, 1.54) is 12.8 Å². The van der Waals surface area contributed by atoms with Gasteiger partial charge in [0.05, 0.1) is 21.9 Å². The molecule has 0 saturated heterocycles. The van der Waals surface area contributed by atoms with Crippen LogP contribution in [0.5, 0.6) is 5.75 Å². The van der Waals surface area contributed by atoms with E-state index in [9.17, 15) is 0 Å². The molecule has 0 unspecified atom stereocenters. The lowest BCUT2D eigenvalue weighted by molar-refractivity contribution is 0.305. The molecule has 21 heavy (non-hydrogen) atoms. The largest absolute Gasteiger partial charge is 0.487 e. The summed E-state index contributed by atoms with van der Waals surface area (Å²) in [6.45, 7) is 1.26. The van der Waals surface area contributed by atoms with Crippen LogP contribution in [-0.4, -0.2) is 11.0 Å². The first-order valence-corrected chi connectivity index (χ1v) is 7.71. The minimum Gasteiger partial charge on any atom is -0.487 e. The van der Waals surface area contributed by atoms with E-state index < -0.39 is 0 Å². The Balaban J connectivity index is 1.53. The summed E-state index contributed by atoms with van der Waals surface area (Å²) >= 11 is 11.9. The molecule has 1 heterocycles. The van der Waals surface area contributed by atoms with E-state index in [4.69, 9.17) is 27.9 Å². The third-order valence-electron chi connectivity index (χ3n) is 3.34. The van der Waals surface area contributed by atoms with Gasteiger partial charge in [-0.05, 0) is 42.7 Å². The maximum absolute atomic E-state index is 5.97. The molecular formula is C16H16Cl2N2O. The van der Waals surface area contributed by atoms with E-state index in [0.29, 0.717) is 22.7 Å². The summed E-state index contributed by atoms with van der Waals surface area (Å²) in [5.41, 5.74) is 2.01. The maximum Gasteiger partial charge on any atom is 0.138 e. The van der Waals surface area contributed by atoms with Crippen LogP contribution in [-0.2, 0) is 13.2 Å². The molecule has 1 saturated carbocycles. The van der Waals surface area contributed by atoms with Gasteiger partial charge in [-0.1, -0.05) is 29.3 Å². The number of hydrogen-bond donors (Lipinski definition) is 1. The molecule has 5 heteroatoms. The molecule has 0 atom stereocenters. The summed E-state index contributed by atoms with van der Waals surface area (Å²) in [6, 6.07) is 10.1. The molecule has 1 N–H and O–H groups in total. The number of nitrogens with zero attached hydrogens (tertiary/aromatic N) is 1. The van der Waals surface area contributed by atoms with E-state index >= 15 is 0 Å². The fourth-order valence-electron chi connectivity index (χ4n) is 1.93. The average Bonchev–Trinajstić information content (AvgIpc) is 3.32. The Kier molecular flexibility index (Phi) is 4.63. The fraction of sp³-hybridized carbons (Fsp3) is 0.312. The molecule has 110 valence electrons. The molecule has 0 radical (unpaired) electrons. The first kappa shape index (κ1) is 14.6. The fourth-order valence-corrected chi connectivity index (χ4v) is 2.25. The van der Waals surface area contributed by atoms with Crippen molar-refractivity contribution in [3.8, 4) is 5.75 Å². The molecule has 2 aromatic rings. The van der Waals surface area contributed by atoms with Gasteiger partial charge in [-0.2, -0.15) is 0 Å². The van der Waals surface area contributed by atoms with Crippen molar-refractivity contribution in [2.24, 2.45) is 0 Å². The average molecular weight is 323 g/mol.